The number of rotatable bonds is 8. The zero-order chi connectivity index (χ0) is 27.6. The highest BCUT2D eigenvalue weighted by atomic mass is 32.1. The molecule has 0 unspecified atom stereocenters. The molecule has 0 saturated carbocycles. The van der Waals surface area contributed by atoms with Crippen molar-refractivity contribution in [1.29, 1.82) is 0 Å². The smallest absolute Gasteiger partial charge is 0.416 e. The Bertz CT molecular complexity index is 1490. The summed E-state index contributed by atoms with van der Waals surface area (Å²) >= 11 is 1.32. The quantitative estimate of drug-likeness (QED) is 0.290. The van der Waals surface area contributed by atoms with Gasteiger partial charge in [-0.15, -0.1) is 0 Å². The van der Waals surface area contributed by atoms with Gasteiger partial charge in [0.1, 0.15) is 12.3 Å². The van der Waals surface area contributed by atoms with Crippen LogP contribution in [-0.4, -0.2) is 46.9 Å². The number of hydrogen-bond donors (Lipinski definition) is 1. The van der Waals surface area contributed by atoms with Gasteiger partial charge in [0.05, 0.1) is 30.5 Å². The fourth-order valence-electron chi connectivity index (χ4n) is 3.84. The lowest BCUT2D eigenvalue weighted by Crippen LogP contribution is -2.31. The zero-order valence-corrected chi connectivity index (χ0v) is 21.9. The van der Waals surface area contributed by atoms with Gasteiger partial charge >= 0.3 is 12.1 Å². The highest BCUT2D eigenvalue weighted by Crippen LogP contribution is 2.38. The van der Waals surface area contributed by atoms with Gasteiger partial charge in [-0.25, -0.2) is 9.67 Å². The van der Waals surface area contributed by atoms with Crippen LogP contribution < -0.4 is 10.1 Å². The van der Waals surface area contributed by atoms with E-state index in [0.717, 1.165) is 22.6 Å². The van der Waals surface area contributed by atoms with Crippen molar-refractivity contribution in [1.82, 2.24) is 20.1 Å². The number of methoxy groups -OCH3 is 1. The third kappa shape index (κ3) is 5.49. The summed E-state index contributed by atoms with van der Waals surface area (Å²) in [7, 11) is 1.56. The summed E-state index contributed by atoms with van der Waals surface area (Å²) in [6.07, 6.45) is -4.62. The van der Waals surface area contributed by atoms with Crippen molar-refractivity contribution in [2.45, 2.75) is 32.9 Å². The molecule has 2 aromatic heterocycles. The van der Waals surface area contributed by atoms with E-state index in [1.165, 1.54) is 22.1 Å². The first kappa shape index (κ1) is 27.1. The van der Waals surface area contributed by atoms with Crippen molar-refractivity contribution in [3.05, 3.63) is 58.6 Å². The Labute approximate surface area is 220 Å². The summed E-state index contributed by atoms with van der Waals surface area (Å²) in [6.45, 7) is 5.30. The number of thiazole rings is 1. The Balaban J connectivity index is 1.85. The summed E-state index contributed by atoms with van der Waals surface area (Å²) < 4.78 is 52.0. The van der Waals surface area contributed by atoms with Gasteiger partial charge in [0.15, 0.2) is 5.69 Å². The number of halogens is 3. The molecule has 4 rings (SSSR count). The molecule has 0 aliphatic heterocycles. The van der Waals surface area contributed by atoms with E-state index in [-0.39, 0.29) is 29.1 Å². The number of hydrogen-bond acceptors (Lipinski definition) is 7. The number of nitrogens with zero attached hydrogens (tertiary/aromatic N) is 3. The summed E-state index contributed by atoms with van der Waals surface area (Å²) in [6, 6.07) is 10.4. The molecule has 12 heteroatoms. The monoisotopic (exact) mass is 546 g/mol. The molecule has 0 aliphatic rings. The van der Waals surface area contributed by atoms with E-state index >= 15 is 0 Å². The lowest BCUT2D eigenvalue weighted by atomic mass is 10.1. The molecule has 4 aromatic rings. The average molecular weight is 547 g/mol. The second-order valence-electron chi connectivity index (χ2n) is 8.57. The summed E-state index contributed by atoms with van der Waals surface area (Å²) in [5.41, 5.74) is 0.560. The number of aromatic nitrogens is 3. The third-order valence-electron chi connectivity index (χ3n) is 5.61. The molecule has 38 heavy (non-hydrogen) atoms. The minimum Gasteiger partial charge on any atom is -0.497 e. The fourth-order valence-corrected chi connectivity index (χ4v) is 4.89. The highest BCUT2D eigenvalue weighted by molar-refractivity contribution is 7.14. The predicted molar refractivity (Wildman–Crippen MR) is 137 cm³/mol. The normalized spacial score (nSPS) is 11.7. The SMILES string of the molecule is CCOC(=O)CNC(=O)c1nn(-c2nc(-c3cccc(OC)c3)c(C(C)C)s2)c2ccc(C(F)(F)F)cc12. The molecule has 2 aromatic carbocycles. The van der Waals surface area contributed by atoms with E-state index in [1.807, 2.05) is 38.1 Å². The van der Waals surface area contributed by atoms with Crippen LogP contribution in [0.5, 0.6) is 5.75 Å². The molecule has 0 fully saturated rings. The van der Waals surface area contributed by atoms with Gasteiger partial charge in [0.2, 0.25) is 5.13 Å². The third-order valence-corrected chi connectivity index (χ3v) is 6.94. The summed E-state index contributed by atoms with van der Waals surface area (Å²) in [4.78, 5) is 30.4. The molecule has 1 amide bonds. The Morgan fingerprint density at radius 1 is 1.16 bits per heavy atom. The largest absolute Gasteiger partial charge is 0.497 e. The van der Waals surface area contributed by atoms with E-state index in [1.54, 1.807) is 14.0 Å². The first-order valence-electron chi connectivity index (χ1n) is 11.7. The Kier molecular flexibility index (Phi) is 7.72. The number of amides is 1. The number of nitrogens with one attached hydrogen (secondary N) is 1. The van der Waals surface area contributed by atoms with Crippen molar-refractivity contribution >= 4 is 34.1 Å². The minimum atomic E-state index is -4.62. The highest BCUT2D eigenvalue weighted by Gasteiger charge is 2.32. The van der Waals surface area contributed by atoms with Gasteiger partial charge in [-0.2, -0.15) is 18.3 Å². The number of ether oxygens (including phenoxy) is 2. The van der Waals surface area contributed by atoms with Crippen molar-refractivity contribution in [2.24, 2.45) is 0 Å². The molecule has 0 aliphatic carbocycles. The standard InChI is InChI=1S/C26H25F3N4O4S/c1-5-37-20(34)13-30-24(35)22-18-12-16(26(27,28)29)9-10-19(18)33(32-22)25-31-21(23(38-25)14(2)3)15-7-6-8-17(11-15)36-4/h6-12,14H,5,13H2,1-4H3,(H,30,35). The molecule has 0 bridgehead atoms. The predicted octanol–water partition coefficient (Wildman–Crippen LogP) is 5.59. The van der Waals surface area contributed by atoms with Crippen LogP contribution in [0.2, 0.25) is 0 Å². The molecular formula is C26H25F3N4O4S. The number of esters is 1. The topological polar surface area (TPSA) is 95.3 Å². The van der Waals surface area contributed by atoms with Crippen molar-refractivity contribution in [3.63, 3.8) is 0 Å². The van der Waals surface area contributed by atoms with Crippen LogP contribution in [0.4, 0.5) is 13.2 Å². The van der Waals surface area contributed by atoms with Crippen LogP contribution in [0, 0.1) is 0 Å². The van der Waals surface area contributed by atoms with E-state index in [0.29, 0.717) is 16.6 Å². The Hall–Kier alpha value is -3.93. The Morgan fingerprint density at radius 3 is 2.58 bits per heavy atom. The van der Waals surface area contributed by atoms with Crippen LogP contribution in [0.3, 0.4) is 0 Å². The number of carbonyl (C=O) groups excluding carboxylic acids is 2. The van der Waals surface area contributed by atoms with E-state index in [4.69, 9.17) is 14.5 Å². The van der Waals surface area contributed by atoms with Gasteiger partial charge < -0.3 is 14.8 Å². The van der Waals surface area contributed by atoms with E-state index in [9.17, 15) is 22.8 Å². The van der Waals surface area contributed by atoms with Crippen LogP contribution in [-0.2, 0) is 15.7 Å². The molecule has 0 spiro atoms. The number of carbonyl (C=O) groups is 2. The van der Waals surface area contributed by atoms with Crippen molar-refractivity contribution in [2.75, 3.05) is 20.3 Å². The summed E-state index contributed by atoms with van der Waals surface area (Å²) in [5.74, 6) is -0.759. The average Bonchev–Trinajstić information content (AvgIpc) is 3.49. The maximum absolute atomic E-state index is 13.5. The van der Waals surface area contributed by atoms with Gasteiger partial charge in [0.25, 0.3) is 5.91 Å². The molecule has 0 atom stereocenters. The second-order valence-corrected chi connectivity index (χ2v) is 9.58. The van der Waals surface area contributed by atoms with Gasteiger partial charge in [-0.1, -0.05) is 37.3 Å². The number of alkyl halides is 3. The number of benzene rings is 2. The zero-order valence-electron chi connectivity index (χ0n) is 21.0. The van der Waals surface area contributed by atoms with Crippen LogP contribution in [0.1, 0.15) is 47.6 Å². The van der Waals surface area contributed by atoms with Crippen molar-refractivity contribution < 1.29 is 32.2 Å². The van der Waals surface area contributed by atoms with Gasteiger partial charge in [-0.05, 0) is 43.2 Å². The molecule has 2 heterocycles. The molecule has 200 valence electrons. The second kappa shape index (κ2) is 10.8. The molecule has 0 saturated heterocycles. The van der Waals surface area contributed by atoms with E-state index < -0.39 is 30.2 Å². The van der Waals surface area contributed by atoms with Gasteiger partial charge in [0, 0.05) is 15.8 Å². The maximum Gasteiger partial charge on any atom is 0.416 e. The molecule has 1 N–H and O–H groups in total. The lowest BCUT2D eigenvalue weighted by molar-refractivity contribution is -0.142. The van der Waals surface area contributed by atoms with Crippen LogP contribution in [0.25, 0.3) is 27.3 Å². The molecule has 8 nitrogen and oxygen atoms in total. The number of fused-ring (bicyclic) bond motifs is 1. The van der Waals surface area contributed by atoms with Gasteiger partial charge in [-0.3, -0.25) is 9.59 Å². The first-order chi connectivity index (χ1) is 18.0. The minimum absolute atomic E-state index is 0.0228. The Morgan fingerprint density at radius 2 is 1.92 bits per heavy atom. The molecule has 0 radical (unpaired) electrons. The van der Waals surface area contributed by atoms with Crippen LogP contribution in [0.15, 0.2) is 42.5 Å². The summed E-state index contributed by atoms with van der Waals surface area (Å²) in [5, 5.41) is 7.08. The maximum atomic E-state index is 13.5. The van der Waals surface area contributed by atoms with E-state index in [2.05, 4.69) is 10.4 Å². The fraction of sp³-hybridized carbons (Fsp3) is 0.308. The first-order valence-corrected chi connectivity index (χ1v) is 12.5. The van der Waals surface area contributed by atoms with Crippen LogP contribution >= 0.6 is 11.3 Å². The lowest BCUT2D eigenvalue weighted by Gasteiger charge is -2.07. The molecular weight excluding hydrogens is 521 g/mol. The van der Waals surface area contributed by atoms with Crippen molar-refractivity contribution in [3.8, 4) is 22.1 Å².